The Kier molecular flexibility index (Phi) is 3.10. The van der Waals surface area contributed by atoms with Gasteiger partial charge in [0.05, 0.1) is 5.75 Å². The third-order valence-corrected chi connectivity index (χ3v) is 2.66. The van der Waals surface area contributed by atoms with Crippen LogP contribution in [0.25, 0.3) is 0 Å². The lowest BCUT2D eigenvalue weighted by Crippen LogP contribution is -2.08. The molecule has 1 heterocycles. The van der Waals surface area contributed by atoms with Crippen molar-refractivity contribution in [3.63, 3.8) is 0 Å². The monoisotopic (exact) mass is 216 g/mol. The Morgan fingerprint density at radius 2 is 2.07 bits per heavy atom. The van der Waals surface area contributed by atoms with Gasteiger partial charge in [0.2, 0.25) is 0 Å². The molecule has 0 atom stereocenters. The molecular weight excluding hydrogens is 204 g/mol. The van der Waals surface area contributed by atoms with Crippen LogP contribution in [-0.4, -0.2) is 26.2 Å². The molecule has 78 valence electrons. The molecule has 0 N–H and O–H groups in total. The smallest absolute Gasteiger partial charge is 0.199 e. The normalized spacial score (nSPS) is 11.6. The van der Waals surface area contributed by atoms with Gasteiger partial charge in [-0.15, -0.1) is 0 Å². The molecular formula is C9H12O4S. The predicted molar refractivity (Wildman–Crippen MR) is 52.1 cm³/mol. The van der Waals surface area contributed by atoms with Gasteiger partial charge in [-0.2, -0.15) is 0 Å². The summed E-state index contributed by atoms with van der Waals surface area (Å²) in [6.45, 7) is 1.73. The molecule has 0 fully saturated rings. The SMILES string of the molecule is Cc1ccc(C(=O)CCS(C)(=O)=O)o1. The van der Waals surface area contributed by atoms with Gasteiger partial charge in [0.25, 0.3) is 0 Å². The number of Topliss-reactive ketones (excluding diaryl/α,β-unsaturated/α-hetero) is 1. The maximum absolute atomic E-state index is 11.3. The Morgan fingerprint density at radius 1 is 1.43 bits per heavy atom. The average Bonchev–Trinajstić information content (AvgIpc) is 2.46. The molecule has 14 heavy (non-hydrogen) atoms. The van der Waals surface area contributed by atoms with Crippen LogP contribution >= 0.6 is 0 Å². The largest absolute Gasteiger partial charge is 0.458 e. The molecule has 0 aliphatic carbocycles. The van der Waals surface area contributed by atoms with Gasteiger partial charge >= 0.3 is 0 Å². The van der Waals surface area contributed by atoms with Gasteiger partial charge in [0.15, 0.2) is 11.5 Å². The number of hydrogen-bond acceptors (Lipinski definition) is 4. The molecule has 0 aromatic carbocycles. The van der Waals surface area contributed by atoms with E-state index in [1.807, 2.05) is 0 Å². The highest BCUT2D eigenvalue weighted by Gasteiger charge is 2.12. The van der Waals surface area contributed by atoms with Crippen molar-refractivity contribution in [2.45, 2.75) is 13.3 Å². The first kappa shape index (κ1) is 11.0. The van der Waals surface area contributed by atoms with Crippen LogP contribution in [0.1, 0.15) is 22.7 Å². The fourth-order valence-electron chi connectivity index (χ4n) is 0.986. The highest BCUT2D eigenvalue weighted by atomic mass is 32.2. The number of furan rings is 1. The Hall–Kier alpha value is -1.10. The van der Waals surface area contributed by atoms with E-state index in [2.05, 4.69) is 0 Å². The maximum atomic E-state index is 11.3. The van der Waals surface area contributed by atoms with E-state index in [0.29, 0.717) is 5.76 Å². The van der Waals surface area contributed by atoms with Crippen LogP contribution in [0.15, 0.2) is 16.5 Å². The van der Waals surface area contributed by atoms with E-state index in [4.69, 9.17) is 4.42 Å². The van der Waals surface area contributed by atoms with Crippen molar-refractivity contribution in [3.05, 3.63) is 23.7 Å². The summed E-state index contributed by atoms with van der Waals surface area (Å²) in [6.07, 6.45) is 1.08. The summed E-state index contributed by atoms with van der Waals surface area (Å²) in [5.41, 5.74) is 0. The van der Waals surface area contributed by atoms with E-state index in [1.165, 1.54) is 0 Å². The van der Waals surface area contributed by atoms with Crippen molar-refractivity contribution in [1.82, 2.24) is 0 Å². The second-order valence-corrected chi connectivity index (χ2v) is 5.47. The van der Waals surface area contributed by atoms with Gasteiger partial charge in [-0.3, -0.25) is 4.79 Å². The van der Waals surface area contributed by atoms with Crippen LogP contribution in [-0.2, 0) is 9.84 Å². The fourth-order valence-corrected chi connectivity index (χ4v) is 1.54. The number of carbonyl (C=O) groups excluding carboxylic acids is 1. The van der Waals surface area contributed by atoms with Crippen molar-refractivity contribution < 1.29 is 17.6 Å². The molecule has 0 unspecified atom stereocenters. The van der Waals surface area contributed by atoms with Crippen LogP contribution in [0.4, 0.5) is 0 Å². The second kappa shape index (κ2) is 3.96. The summed E-state index contributed by atoms with van der Waals surface area (Å²) in [5.74, 6) is 0.466. The van der Waals surface area contributed by atoms with Crippen LogP contribution < -0.4 is 0 Å². The second-order valence-electron chi connectivity index (χ2n) is 3.21. The summed E-state index contributed by atoms with van der Waals surface area (Å²) in [6, 6.07) is 3.23. The molecule has 5 heteroatoms. The van der Waals surface area contributed by atoms with Gasteiger partial charge in [0.1, 0.15) is 15.6 Å². The quantitative estimate of drug-likeness (QED) is 0.709. The molecule has 0 radical (unpaired) electrons. The Morgan fingerprint density at radius 3 is 2.50 bits per heavy atom. The fraction of sp³-hybridized carbons (Fsp3) is 0.444. The first-order valence-electron chi connectivity index (χ1n) is 4.16. The topological polar surface area (TPSA) is 64.3 Å². The van der Waals surface area contributed by atoms with Crippen molar-refractivity contribution in [2.24, 2.45) is 0 Å². The van der Waals surface area contributed by atoms with Crippen molar-refractivity contribution in [3.8, 4) is 0 Å². The molecule has 0 saturated heterocycles. The standard InChI is InChI=1S/C9H12O4S/c1-7-3-4-9(13-7)8(10)5-6-14(2,11)12/h3-4H,5-6H2,1-2H3. The minimum Gasteiger partial charge on any atom is -0.458 e. The molecule has 0 aliphatic heterocycles. The van der Waals surface area contributed by atoms with Crippen molar-refractivity contribution >= 4 is 15.6 Å². The van der Waals surface area contributed by atoms with Gasteiger partial charge < -0.3 is 4.42 Å². The lowest BCUT2D eigenvalue weighted by molar-refractivity contribution is 0.0961. The lowest BCUT2D eigenvalue weighted by Gasteiger charge is -1.95. The summed E-state index contributed by atoms with van der Waals surface area (Å²) in [5, 5.41) is 0. The summed E-state index contributed by atoms with van der Waals surface area (Å²) >= 11 is 0. The zero-order chi connectivity index (χ0) is 10.8. The number of carbonyl (C=O) groups is 1. The summed E-state index contributed by atoms with van der Waals surface area (Å²) < 4.78 is 26.6. The van der Waals surface area contributed by atoms with Crippen LogP contribution in [0.2, 0.25) is 0 Å². The summed E-state index contributed by atoms with van der Waals surface area (Å²) in [7, 11) is -3.08. The van der Waals surface area contributed by atoms with E-state index in [-0.39, 0.29) is 23.7 Å². The number of ketones is 1. The molecule has 0 amide bonds. The highest BCUT2D eigenvalue weighted by molar-refractivity contribution is 7.90. The van der Waals surface area contributed by atoms with Crippen LogP contribution in [0, 0.1) is 6.92 Å². The van der Waals surface area contributed by atoms with Crippen molar-refractivity contribution in [1.29, 1.82) is 0 Å². The van der Waals surface area contributed by atoms with Gasteiger partial charge in [-0.05, 0) is 19.1 Å². The minimum atomic E-state index is -3.08. The molecule has 1 aromatic heterocycles. The summed E-state index contributed by atoms with van der Waals surface area (Å²) in [4.78, 5) is 11.3. The number of sulfone groups is 1. The third kappa shape index (κ3) is 3.33. The lowest BCUT2D eigenvalue weighted by atomic mass is 10.2. The molecule has 0 aliphatic rings. The van der Waals surface area contributed by atoms with Crippen LogP contribution in [0.5, 0.6) is 0 Å². The maximum Gasteiger partial charge on any atom is 0.199 e. The van der Waals surface area contributed by atoms with Gasteiger partial charge in [-0.25, -0.2) is 8.42 Å². The zero-order valence-electron chi connectivity index (χ0n) is 8.11. The highest BCUT2D eigenvalue weighted by Crippen LogP contribution is 2.09. The Bertz CT molecular complexity index is 427. The van der Waals surface area contributed by atoms with Gasteiger partial charge in [0, 0.05) is 12.7 Å². The zero-order valence-corrected chi connectivity index (χ0v) is 8.93. The number of rotatable bonds is 4. The Balaban J connectivity index is 2.60. The molecule has 0 spiro atoms. The predicted octanol–water partition coefficient (Wildman–Crippen LogP) is 1.21. The van der Waals surface area contributed by atoms with E-state index in [1.54, 1.807) is 19.1 Å². The average molecular weight is 216 g/mol. The first-order chi connectivity index (χ1) is 6.38. The van der Waals surface area contributed by atoms with Crippen LogP contribution in [0.3, 0.4) is 0 Å². The van der Waals surface area contributed by atoms with E-state index >= 15 is 0 Å². The van der Waals surface area contributed by atoms with E-state index in [9.17, 15) is 13.2 Å². The number of hydrogen-bond donors (Lipinski definition) is 0. The molecule has 1 rings (SSSR count). The minimum absolute atomic E-state index is 0.0220. The third-order valence-electron chi connectivity index (χ3n) is 1.72. The van der Waals surface area contributed by atoms with E-state index < -0.39 is 9.84 Å². The molecule has 0 bridgehead atoms. The molecule has 0 saturated carbocycles. The first-order valence-corrected chi connectivity index (χ1v) is 6.22. The molecule has 1 aromatic rings. The number of aryl methyl sites for hydroxylation is 1. The molecule has 4 nitrogen and oxygen atoms in total. The van der Waals surface area contributed by atoms with Gasteiger partial charge in [-0.1, -0.05) is 0 Å². The van der Waals surface area contributed by atoms with E-state index in [0.717, 1.165) is 6.26 Å². The Labute approximate surface area is 82.8 Å². The van der Waals surface area contributed by atoms with Crippen molar-refractivity contribution in [2.75, 3.05) is 12.0 Å².